The Labute approximate surface area is 117 Å². The highest BCUT2D eigenvalue weighted by atomic mass is 32.2. The Kier molecular flexibility index (Phi) is 3.80. The molecule has 106 valence electrons. The van der Waals surface area contributed by atoms with Crippen molar-refractivity contribution in [3.05, 3.63) is 42.1 Å². The normalized spacial score (nSPS) is 11.1. The minimum atomic E-state index is -3.74. The van der Waals surface area contributed by atoms with Gasteiger partial charge in [-0.3, -0.25) is 4.72 Å². The number of anilines is 2. The summed E-state index contributed by atoms with van der Waals surface area (Å²) >= 11 is 0. The van der Waals surface area contributed by atoms with Gasteiger partial charge >= 0.3 is 0 Å². The van der Waals surface area contributed by atoms with Crippen LogP contribution in [0.15, 0.2) is 41.4 Å². The van der Waals surface area contributed by atoms with Crippen LogP contribution in [0.1, 0.15) is 5.56 Å². The van der Waals surface area contributed by atoms with Gasteiger partial charge in [0.05, 0.1) is 24.7 Å². The number of ether oxygens (including phenoxy) is 1. The number of aryl methyl sites for hydroxylation is 1. The molecule has 0 bridgehead atoms. The average Bonchev–Trinajstić information content (AvgIpc) is 2.38. The van der Waals surface area contributed by atoms with Crippen molar-refractivity contribution in [1.82, 2.24) is 4.98 Å². The van der Waals surface area contributed by atoms with Gasteiger partial charge in [-0.1, -0.05) is 12.1 Å². The molecule has 1 aromatic heterocycles. The summed E-state index contributed by atoms with van der Waals surface area (Å²) < 4.78 is 31.9. The highest BCUT2D eigenvalue weighted by Gasteiger charge is 2.17. The summed E-state index contributed by atoms with van der Waals surface area (Å²) in [4.78, 5) is 4.05. The van der Waals surface area contributed by atoms with E-state index in [1.165, 1.54) is 25.4 Å². The van der Waals surface area contributed by atoms with E-state index in [-0.39, 0.29) is 10.6 Å². The van der Waals surface area contributed by atoms with Gasteiger partial charge in [-0.25, -0.2) is 13.4 Å². The lowest BCUT2D eigenvalue weighted by molar-refractivity contribution is 0.395. The summed E-state index contributed by atoms with van der Waals surface area (Å²) in [5, 5.41) is 0. The van der Waals surface area contributed by atoms with Gasteiger partial charge in [0, 0.05) is 5.56 Å². The number of benzene rings is 1. The van der Waals surface area contributed by atoms with Crippen LogP contribution in [0, 0.1) is 6.92 Å². The fourth-order valence-corrected chi connectivity index (χ4v) is 2.94. The predicted octanol–water partition coefficient (Wildman–Crippen LogP) is 1.78. The van der Waals surface area contributed by atoms with E-state index in [0.29, 0.717) is 11.6 Å². The molecule has 0 spiro atoms. The summed E-state index contributed by atoms with van der Waals surface area (Å²) in [5.74, 6) is 0.451. The number of para-hydroxylation sites is 1. The molecule has 0 radical (unpaired) electrons. The van der Waals surface area contributed by atoms with Crippen LogP contribution >= 0.6 is 0 Å². The van der Waals surface area contributed by atoms with E-state index in [0.717, 1.165) is 5.56 Å². The fourth-order valence-electron chi connectivity index (χ4n) is 1.77. The van der Waals surface area contributed by atoms with Crippen molar-refractivity contribution < 1.29 is 13.2 Å². The second-order valence-electron chi connectivity index (χ2n) is 4.19. The van der Waals surface area contributed by atoms with Crippen LogP contribution in [0.2, 0.25) is 0 Å². The number of nitrogens with two attached hydrogens (primary N) is 1. The van der Waals surface area contributed by atoms with Crippen molar-refractivity contribution in [2.24, 2.45) is 0 Å². The number of hydrogen-bond acceptors (Lipinski definition) is 5. The van der Waals surface area contributed by atoms with E-state index in [2.05, 4.69) is 9.71 Å². The highest BCUT2D eigenvalue weighted by Crippen LogP contribution is 2.23. The zero-order valence-corrected chi connectivity index (χ0v) is 11.9. The first-order valence-corrected chi connectivity index (χ1v) is 7.30. The molecule has 2 aromatic rings. The largest absolute Gasteiger partial charge is 0.481 e. The lowest BCUT2D eigenvalue weighted by Crippen LogP contribution is -2.15. The zero-order valence-electron chi connectivity index (χ0n) is 11.1. The van der Waals surface area contributed by atoms with Crippen molar-refractivity contribution in [2.75, 3.05) is 17.6 Å². The maximum atomic E-state index is 12.2. The van der Waals surface area contributed by atoms with E-state index in [1.54, 1.807) is 25.1 Å². The predicted molar refractivity (Wildman–Crippen MR) is 77.2 cm³/mol. The number of sulfonamides is 1. The summed E-state index contributed by atoms with van der Waals surface area (Å²) in [7, 11) is -2.23. The topological polar surface area (TPSA) is 94.3 Å². The second kappa shape index (κ2) is 5.38. The number of nitrogens with zero attached hydrogens (tertiary/aromatic N) is 1. The molecule has 7 heteroatoms. The number of aromatic nitrogens is 1. The first-order valence-electron chi connectivity index (χ1n) is 5.82. The molecule has 6 nitrogen and oxygen atoms in total. The number of rotatable bonds is 4. The van der Waals surface area contributed by atoms with Crippen molar-refractivity contribution in [2.45, 2.75) is 11.8 Å². The van der Waals surface area contributed by atoms with Gasteiger partial charge in [0.25, 0.3) is 10.0 Å². The number of hydrogen-bond donors (Lipinski definition) is 2. The summed E-state index contributed by atoms with van der Waals surface area (Å²) in [6.07, 6.45) is 1.39. The molecule has 0 saturated carbocycles. The van der Waals surface area contributed by atoms with Gasteiger partial charge < -0.3 is 10.5 Å². The molecule has 2 rings (SSSR count). The smallest absolute Gasteiger partial charge is 0.263 e. The van der Waals surface area contributed by atoms with E-state index >= 15 is 0 Å². The molecule has 3 N–H and O–H groups in total. The SMILES string of the molecule is COc1ncc(NS(=O)(=O)c2ccccc2N)cc1C. The Morgan fingerprint density at radius 1 is 1.30 bits per heavy atom. The molecule has 0 fully saturated rings. The lowest BCUT2D eigenvalue weighted by Gasteiger charge is -2.11. The third-order valence-corrected chi connectivity index (χ3v) is 4.14. The fraction of sp³-hybridized carbons (Fsp3) is 0.154. The van der Waals surface area contributed by atoms with Gasteiger partial charge in [-0.15, -0.1) is 0 Å². The molecule has 0 atom stereocenters. The van der Waals surface area contributed by atoms with Crippen LogP contribution in [-0.4, -0.2) is 20.5 Å². The molecule has 0 saturated heterocycles. The van der Waals surface area contributed by atoms with Crippen LogP contribution < -0.4 is 15.2 Å². The number of pyridine rings is 1. The molecule has 0 aliphatic heterocycles. The van der Waals surface area contributed by atoms with Crippen LogP contribution in [-0.2, 0) is 10.0 Å². The summed E-state index contributed by atoms with van der Waals surface area (Å²) in [5.41, 5.74) is 6.96. The Morgan fingerprint density at radius 2 is 2.00 bits per heavy atom. The van der Waals surface area contributed by atoms with E-state index in [9.17, 15) is 8.42 Å². The molecule has 0 amide bonds. The van der Waals surface area contributed by atoms with Gasteiger partial charge in [-0.05, 0) is 25.1 Å². The number of nitrogens with one attached hydrogen (secondary N) is 1. The molecule has 0 aliphatic carbocycles. The summed E-state index contributed by atoms with van der Waals surface area (Å²) in [6.45, 7) is 1.78. The monoisotopic (exact) mass is 293 g/mol. The average molecular weight is 293 g/mol. The van der Waals surface area contributed by atoms with Crippen molar-refractivity contribution in [3.8, 4) is 5.88 Å². The zero-order chi connectivity index (χ0) is 14.8. The molecular weight excluding hydrogens is 278 g/mol. The van der Waals surface area contributed by atoms with E-state index in [1.807, 2.05) is 0 Å². The number of methoxy groups -OCH3 is 1. The minimum absolute atomic E-state index is 0.0356. The Balaban J connectivity index is 2.34. The van der Waals surface area contributed by atoms with E-state index < -0.39 is 10.0 Å². The molecule has 1 heterocycles. The summed E-state index contributed by atoms with van der Waals surface area (Å²) in [6, 6.07) is 7.91. The Hall–Kier alpha value is -2.28. The highest BCUT2D eigenvalue weighted by molar-refractivity contribution is 7.92. The van der Waals surface area contributed by atoms with Gasteiger partial charge in [0.1, 0.15) is 4.90 Å². The molecule has 0 unspecified atom stereocenters. The van der Waals surface area contributed by atoms with Gasteiger partial charge in [-0.2, -0.15) is 0 Å². The van der Waals surface area contributed by atoms with Crippen LogP contribution in [0.5, 0.6) is 5.88 Å². The van der Waals surface area contributed by atoms with Gasteiger partial charge in [0.15, 0.2) is 0 Å². The molecule has 0 aliphatic rings. The lowest BCUT2D eigenvalue weighted by atomic mass is 10.3. The van der Waals surface area contributed by atoms with Crippen molar-refractivity contribution in [1.29, 1.82) is 0 Å². The van der Waals surface area contributed by atoms with Gasteiger partial charge in [0.2, 0.25) is 5.88 Å². The molecule has 20 heavy (non-hydrogen) atoms. The molecule has 1 aromatic carbocycles. The second-order valence-corrected chi connectivity index (χ2v) is 5.84. The maximum absolute atomic E-state index is 12.2. The Morgan fingerprint density at radius 3 is 2.60 bits per heavy atom. The maximum Gasteiger partial charge on any atom is 0.263 e. The standard InChI is InChI=1S/C13H15N3O3S/c1-9-7-10(8-15-13(9)19-2)16-20(17,18)12-6-4-3-5-11(12)14/h3-8,16H,14H2,1-2H3. The minimum Gasteiger partial charge on any atom is -0.481 e. The molecular formula is C13H15N3O3S. The first-order chi connectivity index (χ1) is 9.44. The van der Waals surface area contributed by atoms with E-state index in [4.69, 9.17) is 10.5 Å². The first kappa shape index (κ1) is 14.1. The van der Waals surface area contributed by atoms with Crippen molar-refractivity contribution >= 4 is 21.4 Å². The van der Waals surface area contributed by atoms with Crippen LogP contribution in [0.3, 0.4) is 0 Å². The quantitative estimate of drug-likeness (QED) is 0.838. The van der Waals surface area contributed by atoms with Crippen LogP contribution in [0.4, 0.5) is 11.4 Å². The van der Waals surface area contributed by atoms with Crippen LogP contribution in [0.25, 0.3) is 0 Å². The third kappa shape index (κ3) is 2.83. The van der Waals surface area contributed by atoms with Crippen molar-refractivity contribution in [3.63, 3.8) is 0 Å². The number of nitrogen functional groups attached to an aromatic ring is 1. The third-order valence-electron chi connectivity index (χ3n) is 2.68. The Bertz CT molecular complexity index is 729.